The summed E-state index contributed by atoms with van der Waals surface area (Å²) in [6.07, 6.45) is 0. The molecule has 0 aliphatic rings. The van der Waals surface area contributed by atoms with Crippen molar-refractivity contribution in [3.05, 3.63) is 48.0 Å². The van der Waals surface area contributed by atoms with Crippen LogP contribution in [0.4, 0.5) is 0 Å². The number of ether oxygens (including phenoxy) is 2. The molecule has 1 aromatic heterocycles. The average Bonchev–Trinajstić information content (AvgIpc) is 2.91. The summed E-state index contributed by atoms with van der Waals surface area (Å²) in [4.78, 5) is 0. The lowest BCUT2D eigenvalue weighted by Crippen LogP contribution is -2.01. The number of fused-ring (bicyclic) bond motifs is 1. The van der Waals surface area contributed by atoms with Crippen LogP contribution in [0.15, 0.2) is 42.5 Å². The van der Waals surface area contributed by atoms with Crippen molar-refractivity contribution in [2.24, 2.45) is 0 Å². The molecule has 102 valence electrons. The van der Waals surface area contributed by atoms with Crippen LogP contribution >= 0.6 is 0 Å². The first kappa shape index (κ1) is 12.5. The van der Waals surface area contributed by atoms with Gasteiger partial charge in [0.2, 0.25) is 0 Å². The number of hydrogen-bond acceptors (Lipinski definition) is 4. The third kappa shape index (κ3) is 2.18. The standard InChI is InChI=1S/C15H15N3O2/c1-19-12-8-6-11(7-9-12)10-18-13-4-3-5-14(20-2)15(13)16-17-18/h3-9H,10H2,1-2H3. The van der Waals surface area contributed by atoms with Crippen LogP contribution in [0.3, 0.4) is 0 Å². The third-order valence-electron chi connectivity index (χ3n) is 3.22. The predicted molar refractivity (Wildman–Crippen MR) is 76.2 cm³/mol. The van der Waals surface area contributed by atoms with Gasteiger partial charge in [-0.05, 0) is 29.8 Å². The third-order valence-corrected chi connectivity index (χ3v) is 3.22. The van der Waals surface area contributed by atoms with Crippen LogP contribution in [0, 0.1) is 0 Å². The molecule has 1 heterocycles. The number of aromatic nitrogens is 3. The zero-order chi connectivity index (χ0) is 13.9. The SMILES string of the molecule is COc1ccc(Cn2nnc3c(OC)cccc32)cc1. The molecule has 0 unspecified atom stereocenters. The minimum absolute atomic E-state index is 0.660. The Morgan fingerprint density at radius 2 is 1.80 bits per heavy atom. The molecule has 3 rings (SSSR count). The van der Waals surface area contributed by atoms with E-state index in [-0.39, 0.29) is 0 Å². The van der Waals surface area contributed by atoms with E-state index in [2.05, 4.69) is 10.3 Å². The van der Waals surface area contributed by atoms with E-state index in [1.165, 1.54) is 0 Å². The van der Waals surface area contributed by atoms with E-state index >= 15 is 0 Å². The maximum atomic E-state index is 5.29. The number of benzene rings is 2. The highest BCUT2D eigenvalue weighted by atomic mass is 16.5. The number of hydrogen-bond donors (Lipinski definition) is 0. The maximum Gasteiger partial charge on any atom is 0.155 e. The summed E-state index contributed by atoms with van der Waals surface area (Å²) in [5.74, 6) is 1.59. The van der Waals surface area contributed by atoms with E-state index in [0.29, 0.717) is 6.54 Å². The minimum atomic E-state index is 0.660. The molecular weight excluding hydrogens is 254 g/mol. The summed E-state index contributed by atoms with van der Waals surface area (Å²) in [6.45, 7) is 0.660. The molecule has 5 heteroatoms. The molecule has 0 aliphatic carbocycles. The van der Waals surface area contributed by atoms with Crippen molar-refractivity contribution in [1.82, 2.24) is 15.0 Å². The maximum absolute atomic E-state index is 5.29. The van der Waals surface area contributed by atoms with Crippen molar-refractivity contribution in [1.29, 1.82) is 0 Å². The number of methoxy groups -OCH3 is 2. The highest BCUT2D eigenvalue weighted by Crippen LogP contribution is 2.23. The van der Waals surface area contributed by atoms with Crippen molar-refractivity contribution in [3.63, 3.8) is 0 Å². The molecule has 0 saturated carbocycles. The summed E-state index contributed by atoms with van der Waals surface area (Å²) < 4.78 is 12.3. The Balaban J connectivity index is 1.94. The Kier molecular flexibility index (Phi) is 3.25. The van der Waals surface area contributed by atoms with E-state index in [0.717, 1.165) is 28.1 Å². The Morgan fingerprint density at radius 3 is 2.50 bits per heavy atom. The van der Waals surface area contributed by atoms with Gasteiger partial charge in [-0.1, -0.05) is 23.4 Å². The molecule has 0 radical (unpaired) electrons. The Bertz CT molecular complexity index is 720. The first-order chi connectivity index (χ1) is 9.81. The van der Waals surface area contributed by atoms with Gasteiger partial charge in [-0.25, -0.2) is 4.68 Å². The second-order valence-corrected chi connectivity index (χ2v) is 4.42. The molecule has 0 spiro atoms. The molecule has 2 aromatic carbocycles. The van der Waals surface area contributed by atoms with Crippen LogP contribution < -0.4 is 9.47 Å². The largest absolute Gasteiger partial charge is 0.497 e. The quantitative estimate of drug-likeness (QED) is 0.730. The summed E-state index contributed by atoms with van der Waals surface area (Å²) in [5.41, 5.74) is 2.88. The first-order valence-corrected chi connectivity index (χ1v) is 6.31. The molecule has 0 bridgehead atoms. The van der Waals surface area contributed by atoms with Gasteiger partial charge in [0.1, 0.15) is 11.5 Å². The lowest BCUT2D eigenvalue weighted by Gasteiger charge is -2.05. The fourth-order valence-electron chi connectivity index (χ4n) is 2.15. The Labute approximate surface area is 116 Å². The zero-order valence-electron chi connectivity index (χ0n) is 11.4. The molecule has 0 saturated heterocycles. The molecule has 20 heavy (non-hydrogen) atoms. The lowest BCUT2D eigenvalue weighted by atomic mass is 10.2. The highest BCUT2D eigenvalue weighted by molar-refractivity contribution is 5.81. The summed E-state index contributed by atoms with van der Waals surface area (Å²) in [6, 6.07) is 13.7. The van der Waals surface area contributed by atoms with Crippen LogP contribution in [0.5, 0.6) is 11.5 Å². The first-order valence-electron chi connectivity index (χ1n) is 6.31. The lowest BCUT2D eigenvalue weighted by molar-refractivity contribution is 0.414. The van der Waals surface area contributed by atoms with Crippen molar-refractivity contribution in [2.75, 3.05) is 14.2 Å². The van der Waals surface area contributed by atoms with Gasteiger partial charge in [0.25, 0.3) is 0 Å². The Morgan fingerprint density at radius 1 is 1.00 bits per heavy atom. The monoisotopic (exact) mass is 269 g/mol. The second-order valence-electron chi connectivity index (χ2n) is 4.42. The van der Waals surface area contributed by atoms with Crippen LogP contribution in [-0.2, 0) is 6.54 Å². The number of rotatable bonds is 4. The Hall–Kier alpha value is -2.56. The molecule has 3 aromatic rings. The zero-order valence-corrected chi connectivity index (χ0v) is 11.4. The van der Waals surface area contributed by atoms with Crippen molar-refractivity contribution in [3.8, 4) is 11.5 Å². The molecular formula is C15H15N3O2. The number of nitrogens with zero attached hydrogens (tertiary/aromatic N) is 3. The van der Waals surface area contributed by atoms with E-state index in [4.69, 9.17) is 9.47 Å². The summed E-state index contributed by atoms with van der Waals surface area (Å²) in [5, 5.41) is 8.38. The average molecular weight is 269 g/mol. The highest BCUT2D eigenvalue weighted by Gasteiger charge is 2.09. The molecule has 0 N–H and O–H groups in total. The minimum Gasteiger partial charge on any atom is -0.497 e. The smallest absolute Gasteiger partial charge is 0.155 e. The van der Waals surface area contributed by atoms with Gasteiger partial charge in [-0.3, -0.25) is 0 Å². The predicted octanol–water partition coefficient (Wildman–Crippen LogP) is 2.50. The molecule has 5 nitrogen and oxygen atoms in total. The van der Waals surface area contributed by atoms with Gasteiger partial charge in [-0.2, -0.15) is 0 Å². The van der Waals surface area contributed by atoms with Crippen molar-refractivity contribution < 1.29 is 9.47 Å². The fraction of sp³-hybridized carbons (Fsp3) is 0.200. The molecule has 0 fully saturated rings. The second kappa shape index (κ2) is 5.21. The van der Waals surface area contributed by atoms with Crippen LogP contribution in [0.25, 0.3) is 11.0 Å². The summed E-state index contributed by atoms with van der Waals surface area (Å²) in [7, 11) is 3.30. The van der Waals surface area contributed by atoms with E-state index in [1.54, 1.807) is 14.2 Å². The van der Waals surface area contributed by atoms with Crippen LogP contribution in [0.2, 0.25) is 0 Å². The summed E-state index contributed by atoms with van der Waals surface area (Å²) >= 11 is 0. The molecule has 0 atom stereocenters. The topological polar surface area (TPSA) is 49.2 Å². The fourth-order valence-corrected chi connectivity index (χ4v) is 2.15. The van der Waals surface area contributed by atoms with Crippen LogP contribution in [0.1, 0.15) is 5.56 Å². The van der Waals surface area contributed by atoms with Gasteiger partial charge in [0, 0.05) is 0 Å². The van der Waals surface area contributed by atoms with E-state index in [1.807, 2.05) is 47.1 Å². The molecule has 0 amide bonds. The van der Waals surface area contributed by atoms with Gasteiger partial charge in [-0.15, -0.1) is 5.10 Å². The molecule has 0 aliphatic heterocycles. The van der Waals surface area contributed by atoms with Gasteiger partial charge in [0.15, 0.2) is 5.52 Å². The van der Waals surface area contributed by atoms with Crippen molar-refractivity contribution in [2.45, 2.75) is 6.54 Å². The normalized spacial score (nSPS) is 10.7. The van der Waals surface area contributed by atoms with E-state index in [9.17, 15) is 0 Å². The van der Waals surface area contributed by atoms with E-state index < -0.39 is 0 Å². The van der Waals surface area contributed by atoms with Crippen molar-refractivity contribution >= 4 is 11.0 Å². The van der Waals surface area contributed by atoms with Gasteiger partial charge < -0.3 is 9.47 Å². The van der Waals surface area contributed by atoms with Gasteiger partial charge in [0.05, 0.1) is 26.3 Å². The van der Waals surface area contributed by atoms with Crippen LogP contribution in [-0.4, -0.2) is 29.2 Å². The van der Waals surface area contributed by atoms with Gasteiger partial charge >= 0.3 is 0 Å².